The predicted octanol–water partition coefficient (Wildman–Crippen LogP) is 2.41. The van der Waals surface area contributed by atoms with Gasteiger partial charge in [-0.1, -0.05) is 30.3 Å². The average molecular weight is 505 g/mol. The van der Waals surface area contributed by atoms with Crippen molar-refractivity contribution < 1.29 is 14.3 Å². The number of ether oxygens (including phenoxy) is 1. The minimum absolute atomic E-state index is 0.00906. The van der Waals surface area contributed by atoms with Crippen molar-refractivity contribution in [2.24, 2.45) is 0 Å². The molecule has 0 aliphatic carbocycles. The highest BCUT2D eigenvalue weighted by Gasteiger charge is 2.29. The summed E-state index contributed by atoms with van der Waals surface area (Å²) in [5, 5.41) is 0. The quantitative estimate of drug-likeness (QED) is 0.399. The standard InChI is InChI=1S/C28H36N6O3/c1-3-32(4-2)27(36)22-37-25-19-31(18-24-12-8-16-34(24)28-29-14-9-15-30-28)21-26(35)33(20-25)17-13-23-10-6-5-7-11-23/h5-12,14-16,25H,3-4,13,17-22H2,1-2H3/t25-/m1/s1. The highest BCUT2D eigenvalue weighted by atomic mass is 16.5. The third kappa shape index (κ3) is 7.24. The SMILES string of the molecule is CCN(CC)C(=O)CO[C@@H]1CN(Cc2cccn2-c2ncccn2)CC(=O)N(CCc2ccccc2)C1. The molecular weight excluding hydrogens is 468 g/mol. The van der Waals surface area contributed by atoms with Crippen LogP contribution in [-0.4, -0.2) is 93.0 Å². The molecule has 1 aromatic carbocycles. The molecule has 3 aromatic rings. The fourth-order valence-corrected chi connectivity index (χ4v) is 4.64. The second kappa shape index (κ2) is 13.1. The predicted molar refractivity (Wildman–Crippen MR) is 141 cm³/mol. The van der Waals surface area contributed by atoms with Crippen molar-refractivity contribution >= 4 is 11.8 Å². The van der Waals surface area contributed by atoms with E-state index in [1.807, 2.05) is 59.8 Å². The lowest BCUT2D eigenvalue weighted by Gasteiger charge is -2.26. The van der Waals surface area contributed by atoms with Crippen LogP contribution in [0.5, 0.6) is 0 Å². The van der Waals surface area contributed by atoms with Crippen molar-refractivity contribution in [1.29, 1.82) is 0 Å². The van der Waals surface area contributed by atoms with Crippen LogP contribution in [0.3, 0.4) is 0 Å². The number of likely N-dealkylation sites (N-methyl/N-ethyl adjacent to an activating group) is 1. The van der Waals surface area contributed by atoms with Gasteiger partial charge in [-0.05, 0) is 44.0 Å². The Hall–Kier alpha value is -3.56. The van der Waals surface area contributed by atoms with E-state index in [1.54, 1.807) is 23.4 Å². The highest BCUT2D eigenvalue weighted by molar-refractivity contribution is 5.79. The van der Waals surface area contributed by atoms with Crippen molar-refractivity contribution in [2.75, 3.05) is 45.9 Å². The van der Waals surface area contributed by atoms with Crippen molar-refractivity contribution in [3.8, 4) is 5.95 Å². The van der Waals surface area contributed by atoms with E-state index in [0.29, 0.717) is 45.2 Å². The van der Waals surface area contributed by atoms with Crippen LogP contribution in [0.4, 0.5) is 0 Å². The maximum atomic E-state index is 13.3. The molecular formula is C28H36N6O3. The second-order valence-electron chi connectivity index (χ2n) is 9.16. The van der Waals surface area contributed by atoms with Gasteiger partial charge in [0, 0.05) is 63.6 Å². The van der Waals surface area contributed by atoms with E-state index >= 15 is 0 Å². The Kier molecular flexibility index (Phi) is 9.40. The first-order valence-electron chi connectivity index (χ1n) is 12.9. The molecule has 3 heterocycles. The first-order chi connectivity index (χ1) is 18.1. The van der Waals surface area contributed by atoms with Crippen LogP contribution < -0.4 is 0 Å². The van der Waals surface area contributed by atoms with Crippen LogP contribution in [0.1, 0.15) is 25.1 Å². The summed E-state index contributed by atoms with van der Waals surface area (Å²) in [7, 11) is 0. The molecule has 0 saturated carbocycles. The minimum atomic E-state index is -0.280. The average Bonchev–Trinajstić information content (AvgIpc) is 3.32. The first-order valence-corrected chi connectivity index (χ1v) is 12.9. The zero-order chi connectivity index (χ0) is 26.0. The Labute approximate surface area is 218 Å². The molecule has 196 valence electrons. The first kappa shape index (κ1) is 26.5. The number of aromatic nitrogens is 3. The normalized spacial score (nSPS) is 16.5. The molecule has 0 N–H and O–H groups in total. The maximum Gasteiger partial charge on any atom is 0.248 e. The molecule has 1 atom stereocenters. The van der Waals surface area contributed by atoms with Gasteiger partial charge in [0.05, 0.1) is 12.6 Å². The van der Waals surface area contributed by atoms with E-state index < -0.39 is 0 Å². The summed E-state index contributed by atoms with van der Waals surface area (Å²) in [6.45, 7) is 7.65. The Balaban J connectivity index is 1.48. The van der Waals surface area contributed by atoms with Gasteiger partial charge >= 0.3 is 0 Å². The van der Waals surface area contributed by atoms with E-state index in [9.17, 15) is 9.59 Å². The summed E-state index contributed by atoms with van der Waals surface area (Å²) >= 11 is 0. The van der Waals surface area contributed by atoms with Crippen LogP contribution in [0.2, 0.25) is 0 Å². The van der Waals surface area contributed by atoms with Crippen molar-refractivity contribution in [3.63, 3.8) is 0 Å². The van der Waals surface area contributed by atoms with Gasteiger partial charge < -0.3 is 14.5 Å². The second-order valence-corrected chi connectivity index (χ2v) is 9.16. The maximum absolute atomic E-state index is 13.3. The lowest BCUT2D eigenvalue weighted by Crippen LogP contribution is -2.41. The summed E-state index contributed by atoms with van der Waals surface area (Å²) in [5.74, 6) is 0.620. The zero-order valence-electron chi connectivity index (χ0n) is 21.7. The van der Waals surface area contributed by atoms with E-state index in [2.05, 4.69) is 27.0 Å². The fraction of sp³-hybridized carbons (Fsp3) is 0.429. The fourth-order valence-electron chi connectivity index (χ4n) is 4.64. The van der Waals surface area contributed by atoms with Gasteiger partial charge in [-0.25, -0.2) is 9.97 Å². The lowest BCUT2D eigenvalue weighted by molar-refractivity contribution is -0.138. The molecule has 2 aromatic heterocycles. The van der Waals surface area contributed by atoms with Crippen LogP contribution in [-0.2, 0) is 27.3 Å². The van der Waals surface area contributed by atoms with E-state index in [1.165, 1.54) is 5.56 Å². The molecule has 0 spiro atoms. The molecule has 0 bridgehead atoms. The van der Waals surface area contributed by atoms with Gasteiger partial charge in [-0.3, -0.25) is 19.1 Å². The van der Waals surface area contributed by atoms with Crippen molar-refractivity contribution in [3.05, 3.63) is 78.4 Å². The van der Waals surface area contributed by atoms with Crippen molar-refractivity contribution in [1.82, 2.24) is 29.2 Å². The molecule has 0 radical (unpaired) electrons. The number of carbonyl (C=O) groups excluding carboxylic acids is 2. The summed E-state index contributed by atoms with van der Waals surface area (Å²) < 4.78 is 8.08. The van der Waals surface area contributed by atoms with Crippen molar-refractivity contribution in [2.45, 2.75) is 32.9 Å². The lowest BCUT2D eigenvalue weighted by atomic mass is 10.1. The number of nitrogens with zero attached hydrogens (tertiary/aromatic N) is 6. The topological polar surface area (TPSA) is 83.8 Å². The number of carbonyl (C=O) groups is 2. The Bertz CT molecular complexity index is 1130. The molecule has 4 rings (SSSR count). The number of hydrogen-bond donors (Lipinski definition) is 0. The number of amides is 2. The van der Waals surface area contributed by atoms with Crippen LogP contribution in [0, 0.1) is 0 Å². The van der Waals surface area contributed by atoms with Gasteiger partial charge in [0.2, 0.25) is 17.8 Å². The summed E-state index contributed by atoms with van der Waals surface area (Å²) in [6, 6.07) is 15.9. The molecule has 9 heteroatoms. The molecule has 1 aliphatic heterocycles. The smallest absolute Gasteiger partial charge is 0.248 e. The number of hydrogen-bond acceptors (Lipinski definition) is 6. The minimum Gasteiger partial charge on any atom is -0.365 e. The zero-order valence-corrected chi connectivity index (χ0v) is 21.7. The van der Waals surface area contributed by atoms with E-state index in [0.717, 1.165) is 12.1 Å². The Morgan fingerprint density at radius 3 is 2.51 bits per heavy atom. The van der Waals surface area contributed by atoms with E-state index in [4.69, 9.17) is 4.74 Å². The summed E-state index contributed by atoms with van der Waals surface area (Å²) in [6.07, 6.45) is 5.84. The number of rotatable bonds is 11. The Morgan fingerprint density at radius 2 is 1.78 bits per heavy atom. The van der Waals surface area contributed by atoms with Gasteiger partial charge in [-0.15, -0.1) is 0 Å². The third-order valence-corrected chi connectivity index (χ3v) is 6.66. The molecule has 1 aliphatic rings. The van der Waals surface area contributed by atoms with Crippen LogP contribution in [0.25, 0.3) is 5.95 Å². The molecule has 1 saturated heterocycles. The molecule has 0 unspecified atom stereocenters. The summed E-state index contributed by atoms with van der Waals surface area (Å²) in [5.41, 5.74) is 2.17. The largest absolute Gasteiger partial charge is 0.365 e. The third-order valence-electron chi connectivity index (χ3n) is 6.66. The van der Waals surface area contributed by atoms with E-state index in [-0.39, 0.29) is 31.1 Å². The number of benzene rings is 1. The molecule has 2 amide bonds. The Morgan fingerprint density at radius 1 is 1.03 bits per heavy atom. The van der Waals surface area contributed by atoms with Crippen LogP contribution >= 0.6 is 0 Å². The molecule has 37 heavy (non-hydrogen) atoms. The highest BCUT2D eigenvalue weighted by Crippen LogP contribution is 2.16. The summed E-state index contributed by atoms with van der Waals surface area (Å²) in [4.78, 5) is 40.4. The van der Waals surface area contributed by atoms with Crippen LogP contribution in [0.15, 0.2) is 67.1 Å². The van der Waals surface area contributed by atoms with Gasteiger partial charge in [-0.2, -0.15) is 0 Å². The molecule has 1 fully saturated rings. The van der Waals surface area contributed by atoms with Gasteiger partial charge in [0.1, 0.15) is 6.61 Å². The monoisotopic (exact) mass is 504 g/mol. The van der Waals surface area contributed by atoms with Gasteiger partial charge in [0.15, 0.2) is 0 Å². The molecule has 9 nitrogen and oxygen atoms in total. The van der Waals surface area contributed by atoms with Gasteiger partial charge in [0.25, 0.3) is 0 Å².